The van der Waals surface area contributed by atoms with Crippen LogP contribution in [0.1, 0.15) is 31.1 Å². The highest BCUT2D eigenvalue weighted by molar-refractivity contribution is 7.89. The smallest absolute Gasteiger partial charge is 0.328 e. The number of sulfonamides is 1. The van der Waals surface area contributed by atoms with Gasteiger partial charge in [0.25, 0.3) is 11.8 Å². The number of hydrogen-bond donors (Lipinski definition) is 2. The molecule has 0 radical (unpaired) electrons. The maximum absolute atomic E-state index is 12.5. The zero-order valence-corrected chi connectivity index (χ0v) is 19.0. The van der Waals surface area contributed by atoms with Gasteiger partial charge in [0, 0.05) is 24.3 Å². The van der Waals surface area contributed by atoms with Crippen molar-refractivity contribution >= 4 is 33.5 Å². The summed E-state index contributed by atoms with van der Waals surface area (Å²) >= 11 is 0. The van der Waals surface area contributed by atoms with Crippen LogP contribution in [0, 0.1) is 0 Å². The Morgan fingerprint density at radius 1 is 0.969 bits per heavy atom. The molecule has 172 valence electrons. The first kappa shape index (κ1) is 25.0. The average molecular weight is 462 g/mol. The van der Waals surface area contributed by atoms with Crippen molar-refractivity contribution in [2.45, 2.75) is 31.7 Å². The summed E-state index contributed by atoms with van der Waals surface area (Å²) in [6, 6.07) is 13.2. The minimum absolute atomic E-state index is 0.119. The topological polar surface area (TPSA) is 122 Å². The predicted molar refractivity (Wildman–Crippen MR) is 120 cm³/mol. The quantitative estimate of drug-likeness (QED) is 0.522. The number of anilines is 1. The van der Waals surface area contributed by atoms with Crippen LogP contribution in [0.25, 0.3) is 0 Å². The van der Waals surface area contributed by atoms with Crippen molar-refractivity contribution in [1.29, 1.82) is 0 Å². The van der Waals surface area contributed by atoms with Crippen LogP contribution >= 0.6 is 0 Å². The summed E-state index contributed by atoms with van der Waals surface area (Å²) in [5.74, 6) is -1.79. The minimum atomic E-state index is -3.59. The zero-order valence-electron chi connectivity index (χ0n) is 18.2. The molecule has 0 heterocycles. The van der Waals surface area contributed by atoms with E-state index in [9.17, 15) is 22.8 Å². The van der Waals surface area contributed by atoms with Gasteiger partial charge in [0.15, 0.2) is 6.61 Å². The van der Waals surface area contributed by atoms with Gasteiger partial charge in [-0.25, -0.2) is 13.2 Å². The molecule has 9 nitrogen and oxygen atoms in total. The number of nitrogens with zero attached hydrogens (tertiary/aromatic N) is 1. The van der Waals surface area contributed by atoms with Crippen LogP contribution in [0.4, 0.5) is 5.69 Å². The van der Waals surface area contributed by atoms with Crippen LogP contribution in [0.15, 0.2) is 59.5 Å². The molecule has 1 unspecified atom stereocenters. The fourth-order valence-electron chi connectivity index (χ4n) is 2.81. The first-order chi connectivity index (χ1) is 15.2. The lowest BCUT2D eigenvalue weighted by Gasteiger charge is -2.18. The highest BCUT2D eigenvalue weighted by atomic mass is 32.2. The number of carbonyl (C=O) groups excluding carboxylic acids is 3. The van der Waals surface area contributed by atoms with E-state index in [0.29, 0.717) is 24.3 Å². The molecule has 2 rings (SSSR count). The van der Waals surface area contributed by atoms with E-state index < -0.39 is 40.5 Å². The van der Waals surface area contributed by atoms with Crippen LogP contribution < -0.4 is 10.6 Å². The summed E-state index contributed by atoms with van der Waals surface area (Å²) in [6.07, 6.45) is 0. The Morgan fingerprint density at radius 2 is 1.56 bits per heavy atom. The summed E-state index contributed by atoms with van der Waals surface area (Å²) in [7, 11) is -3.59. The highest BCUT2D eigenvalue weighted by Gasteiger charge is 2.22. The number of amides is 2. The van der Waals surface area contributed by atoms with Gasteiger partial charge in [-0.2, -0.15) is 4.31 Å². The number of ether oxygens (including phenoxy) is 1. The fraction of sp³-hybridized carbons (Fsp3) is 0.318. The molecule has 0 bridgehead atoms. The molecular weight excluding hydrogens is 434 g/mol. The van der Waals surface area contributed by atoms with E-state index in [1.165, 1.54) is 35.5 Å². The number of esters is 1. The number of hydrogen-bond acceptors (Lipinski definition) is 6. The second kappa shape index (κ2) is 11.4. The van der Waals surface area contributed by atoms with Crippen molar-refractivity contribution in [3.8, 4) is 0 Å². The molecule has 0 aromatic heterocycles. The molecule has 32 heavy (non-hydrogen) atoms. The van der Waals surface area contributed by atoms with Gasteiger partial charge in [-0.05, 0) is 43.3 Å². The van der Waals surface area contributed by atoms with Crippen molar-refractivity contribution < 1.29 is 27.5 Å². The molecule has 0 fully saturated rings. The van der Waals surface area contributed by atoms with Crippen LogP contribution in [0.3, 0.4) is 0 Å². The summed E-state index contributed by atoms with van der Waals surface area (Å²) in [5, 5.41) is 5.03. The first-order valence-corrected chi connectivity index (χ1v) is 11.6. The lowest BCUT2D eigenvalue weighted by molar-refractivity contribution is -0.148. The lowest BCUT2D eigenvalue weighted by atomic mass is 10.2. The van der Waals surface area contributed by atoms with E-state index >= 15 is 0 Å². The third-order valence-corrected chi connectivity index (χ3v) is 6.63. The Kier molecular flexibility index (Phi) is 8.91. The molecule has 2 aromatic rings. The van der Waals surface area contributed by atoms with Crippen molar-refractivity contribution in [1.82, 2.24) is 9.62 Å². The number of nitrogens with one attached hydrogen (secondary N) is 2. The minimum Gasteiger partial charge on any atom is -0.454 e. The van der Waals surface area contributed by atoms with E-state index in [2.05, 4.69) is 10.6 Å². The van der Waals surface area contributed by atoms with Gasteiger partial charge in [-0.15, -0.1) is 0 Å². The molecule has 10 heteroatoms. The van der Waals surface area contributed by atoms with Gasteiger partial charge in [-0.1, -0.05) is 32.0 Å². The fourth-order valence-corrected chi connectivity index (χ4v) is 4.27. The Hall–Kier alpha value is -3.24. The third kappa shape index (κ3) is 6.63. The van der Waals surface area contributed by atoms with E-state index in [1.807, 2.05) is 0 Å². The average Bonchev–Trinajstić information content (AvgIpc) is 2.79. The normalized spacial score (nSPS) is 12.1. The molecular formula is C22H27N3O6S. The zero-order chi connectivity index (χ0) is 23.7. The highest BCUT2D eigenvalue weighted by Crippen LogP contribution is 2.18. The summed E-state index contributed by atoms with van der Waals surface area (Å²) in [5.41, 5.74) is 0.756. The molecule has 0 aliphatic carbocycles. The Bertz CT molecular complexity index is 1040. The van der Waals surface area contributed by atoms with Gasteiger partial charge >= 0.3 is 5.97 Å². The largest absolute Gasteiger partial charge is 0.454 e. The van der Waals surface area contributed by atoms with Crippen LogP contribution in [-0.4, -0.2) is 56.2 Å². The van der Waals surface area contributed by atoms with Gasteiger partial charge in [0.2, 0.25) is 10.0 Å². The molecule has 2 amide bonds. The standard InChI is InChI=1S/C22H27N3O6S/c1-4-25(5-2)32(29,30)19-13-11-18(12-14-19)24-20(26)15-31-22(28)16(3)23-21(27)17-9-7-6-8-10-17/h6-14,16H,4-5,15H2,1-3H3,(H,23,27)(H,24,26). The summed E-state index contributed by atoms with van der Waals surface area (Å²) < 4.78 is 31.3. The van der Waals surface area contributed by atoms with E-state index in [4.69, 9.17) is 4.74 Å². The van der Waals surface area contributed by atoms with Crippen molar-refractivity contribution in [3.63, 3.8) is 0 Å². The second-order valence-electron chi connectivity index (χ2n) is 6.83. The predicted octanol–water partition coefficient (Wildman–Crippen LogP) is 2.02. The number of rotatable bonds is 10. The number of benzene rings is 2. The van der Waals surface area contributed by atoms with Crippen LogP contribution in [0.2, 0.25) is 0 Å². The lowest BCUT2D eigenvalue weighted by Crippen LogP contribution is -2.40. The van der Waals surface area contributed by atoms with Gasteiger partial charge in [0.05, 0.1) is 4.90 Å². The number of carbonyl (C=O) groups is 3. The van der Waals surface area contributed by atoms with Crippen molar-refractivity contribution in [2.24, 2.45) is 0 Å². The van der Waals surface area contributed by atoms with E-state index in [0.717, 1.165) is 0 Å². The van der Waals surface area contributed by atoms with E-state index in [1.54, 1.807) is 44.2 Å². The molecule has 0 spiro atoms. The Morgan fingerprint density at radius 3 is 2.12 bits per heavy atom. The van der Waals surface area contributed by atoms with Crippen LogP contribution in [-0.2, 0) is 24.3 Å². The first-order valence-electron chi connectivity index (χ1n) is 10.1. The van der Waals surface area contributed by atoms with Gasteiger partial charge in [-0.3, -0.25) is 9.59 Å². The SMILES string of the molecule is CCN(CC)S(=O)(=O)c1ccc(NC(=O)COC(=O)C(C)NC(=O)c2ccccc2)cc1. The monoisotopic (exact) mass is 461 g/mol. The van der Waals surface area contributed by atoms with E-state index in [-0.39, 0.29) is 4.90 Å². The molecule has 0 aliphatic rings. The Balaban J connectivity index is 1.86. The molecule has 0 aliphatic heterocycles. The van der Waals surface area contributed by atoms with Crippen molar-refractivity contribution in [2.75, 3.05) is 25.0 Å². The third-order valence-electron chi connectivity index (χ3n) is 4.56. The van der Waals surface area contributed by atoms with Gasteiger partial charge < -0.3 is 15.4 Å². The maximum atomic E-state index is 12.5. The molecule has 1 atom stereocenters. The molecule has 0 saturated heterocycles. The Labute approximate surface area is 187 Å². The molecule has 2 N–H and O–H groups in total. The molecule has 2 aromatic carbocycles. The second-order valence-corrected chi connectivity index (χ2v) is 8.77. The molecule has 0 saturated carbocycles. The maximum Gasteiger partial charge on any atom is 0.328 e. The van der Waals surface area contributed by atoms with Gasteiger partial charge in [0.1, 0.15) is 6.04 Å². The summed E-state index contributed by atoms with van der Waals surface area (Å²) in [4.78, 5) is 36.3. The van der Waals surface area contributed by atoms with Crippen LogP contribution in [0.5, 0.6) is 0 Å². The van der Waals surface area contributed by atoms with Crippen molar-refractivity contribution in [3.05, 3.63) is 60.2 Å². The summed E-state index contributed by atoms with van der Waals surface area (Å²) in [6.45, 7) is 5.12.